The lowest BCUT2D eigenvalue weighted by Gasteiger charge is -2.08. The number of nitrogen functional groups attached to an aromatic ring is 1. The molecule has 102 valence electrons. The van der Waals surface area contributed by atoms with Gasteiger partial charge in [0, 0.05) is 10.9 Å². The zero-order valence-electron chi connectivity index (χ0n) is 10.9. The fraction of sp³-hybridized carbons (Fsp3) is 0.154. The van der Waals surface area contributed by atoms with Crippen LogP contribution in [0.3, 0.4) is 0 Å². The van der Waals surface area contributed by atoms with Gasteiger partial charge >= 0.3 is 0 Å². The van der Waals surface area contributed by atoms with Gasteiger partial charge in [-0.05, 0) is 47.0 Å². The highest BCUT2D eigenvalue weighted by Crippen LogP contribution is 2.28. The van der Waals surface area contributed by atoms with E-state index < -0.39 is 0 Å². The van der Waals surface area contributed by atoms with Crippen LogP contribution in [-0.4, -0.2) is 26.8 Å². The SMILES string of the molecule is CCOc1ccc(-c2nnnn2-c2ccsc2)cc1N. The van der Waals surface area contributed by atoms with Gasteiger partial charge in [0.25, 0.3) is 0 Å². The van der Waals surface area contributed by atoms with Gasteiger partial charge in [0.05, 0.1) is 18.0 Å². The first-order valence-corrected chi connectivity index (χ1v) is 7.07. The summed E-state index contributed by atoms with van der Waals surface area (Å²) >= 11 is 1.59. The molecular weight excluding hydrogens is 274 g/mol. The van der Waals surface area contributed by atoms with Crippen molar-refractivity contribution in [3.05, 3.63) is 35.0 Å². The Hall–Kier alpha value is -2.41. The highest BCUT2D eigenvalue weighted by molar-refractivity contribution is 7.08. The normalized spacial score (nSPS) is 10.7. The number of hydrogen-bond acceptors (Lipinski definition) is 6. The minimum Gasteiger partial charge on any atom is -0.492 e. The first-order valence-electron chi connectivity index (χ1n) is 6.13. The number of aromatic nitrogens is 4. The minimum atomic E-state index is 0.573. The summed E-state index contributed by atoms with van der Waals surface area (Å²) in [6.45, 7) is 2.50. The number of nitrogens with two attached hydrogens (primary N) is 1. The molecule has 0 amide bonds. The lowest BCUT2D eigenvalue weighted by molar-refractivity contribution is 0.342. The zero-order valence-corrected chi connectivity index (χ0v) is 11.7. The van der Waals surface area contributed by atoms with E-state index in [2.05, 4.69) is 15.5 Å². The molecule has 0 saturated carbocycles. The zero-order chi connectivity index (χ0) is 13.9. The fourth-order valence-electron chi connectivity index (χ4n) is 1.89. The van der Waals surface area contributed by atoms with E-state index in [1.54, 1.807) is 16.0 Å². The minimum absolute atomic E-state index is 0.573. The van der Waals surface area contributed by atoms with Crippen molar-refractivity contribution < 1.29 is 4.74 Å². The van der Waals surface area contributed by atoms with E-state index in [1.165, 1.54) is 0 Å². The third-order valence-electron chi connectivity index (χ3n) is 2.79. The standard InChI is InChI=1S/C13H13N5OS/c1-2-19-12-4-3-9(7-11(12)14)13-15-16-17-18(13)10-5-6-20-8-10/h3-8H,2,14H2,1H3. The summed E-state index contributed by atoms with van der Waals surface area (Å²) in [7, 11) is 0. The molecule has 0 spiro atoms. The van der Waals surface area contributed by atoms with Crippen LogP contribution in [0.2, 0.25) is 0 Å². The van der Waals surface area contributed by atoms with E-state index in [4.69, 9.17) is 10.5 Å². The van der Waals surface area contributed by atoms with E-state index in [1.807, 2.05) is 41.9 Å². The molecule has 2 heterocycles. The number of nitrogens with zero attached hydrogens (tertiary/aromatic N) is 4. The first kappa shape index (κ1) is 12.6. The van der Waals surface area contributed by atoms with E-state index in [9.17, 15) is 0 Å². The molecule has 20 heavy (non-hydrogen) atoms. The maximum absolute atomic E-state index is 5.98. The van der Waals surface area contributed by atoms with Crippen molar-refractivity contribution in [3.8, 4) is 22.8 Å². The van der Waals surface area contributed by atoms with Gasteiger partial charge in [0.1, 0.15) is 5.75 Å². The van der Waals surface area contributed by atoms with Crippen LogP contribution >= 0.6 is 11.3 Å². The van der Waals surface area contributed by atoms with Gasteiger partial charge < -0.3 is 10.5 Å². The molecule has 0 atom stereocenters. The van der Waals surface area contributed by atoms with E-state index in [0.29, 0.717) is 23.9 Å². The van der Waals surface area contributed by atoms with Crippen LogP contribution in [0.15, 0.2) is 35.0 Å². The van der Waals surface area contributed by atoms with Crippen LogP contribution in [0.4, 0.5) is 5.69 Å². The van der Waals surface area contributed by atoms with Crippen LogP contribution in [-0.2, 0) is 0 Å². The third kappa shape index (κ3) is 2.23. The molecule has 0 saturated heterocycles. The number of anilines is 1. The van der Waals surface area contributed by atoms with Crippen molar-refractivity contribution in [3.63, 3.8) is 0 Å². The van der Waals surface area contributed by atoms with Crippen molar-refractivity contribution in [2.45, 2.75) is 6.92 Å². The third-order valence-corrected chi connectivity index (χ3v) is 3.46. The quantitative estimate of drug-likeness (QED) is 0.745. The smallest absolute Gasteiger partial charge is 0.187 e. The molecule has 0 fully saturated rings. The first-order chi connectivity index (χ1) is 9.79. The van der Waals surface area contributed by atoms with E-state index in [-0.39, 0.29) is 0 Å². The molecule has 0 radical (unpaired) electrons. The molecule has 0 bridgehead atoms. The van der Waals surface area contributed by atoms with Gasteiger partial charge in [-0.1, -0.05) is 0 Å². The number of hydrogen-bond donors (Lipinski definition) is 1. The van der Waals surface area contributed by atoms with Crippen molar-refractivity contribution in [2.75, 3.05) is 12.3 Å². The van der Waals surface area contributed by atoms with Gasteiger partial charge in [0.15, 0.2) is 5.82 Å². The molecule has 0 unspecified atom stereocenters. The van der Waals surface area contributed by atoms with Crippen molar-refractivity contribution in [1.82, 2.24) is 20.2 Å². The molecule has 3 aromatic rings. The highest BCUT2D eigenvalue weighted by atomic mass is 32.1. The molecule has 3 rings (SSSR count). The summed E-state index contributed by atoms with van der Waals surface area (Å²) in [5, 5.41) is 15.8. The lowest BCUT2D eigenvalue weighted by Crippen LogP contribution is -2.00. The second kappa shape index (κ2) is 5.30. The molecule has 7 heteroatoms. The topological polar surface area (TPSA) is 78.9 Å². The fourth-order valence-corrected chi connectivity index (χ4v) is 2.51. The average Bonchev–Trinajstić information content (AvgIpc) is 3.11. The molecule has 2 N–H and O–H groups in total. The molecule has 0 aliphatic heterocycles. The van der Waals surface area contributed by atoms with Crippen LogP contribution < -0.4 is 10.5 Å². The Morgan fingerprint density at radius 1 is 1.35 bits per heavy atom. The number of rotatable bonds is 4. The Morgan fingerprint density at radius 3 is 2.95 bits per heavy atom. The summed E-state index contributed by atoms with van der Waals surface area (Å²) in [5.41, 5.74) is 8.34. The number of thiophene rings is 1. The Balaban J connectivity index is 2.02. The largest absolute Gasteiger partial charge is 0.492 e. The average molecular weight is 287 g/mol. The Labute approximate surface area is 119 Å². The van der Waals surface area contributed by atoms with Crippen molar-refractivity contribution in [2.24, 2.45) is 0 Å². The Morgan fingerprint density at radius 2 is 2.25 bits per heavy atom. The van der Waals surface area contributed by atoms with E-state index >= 15 is 0 Å². The predicted molar refractivity (Wildman–Crippen MR) is 78.0 cm³/mol. The van der Waals surface area contributed by atoms with Crippen LogP contribution in [0.5, 0.6) is 5.75 Å². The Kier molecular flexibility index (Phi) is 3.34. The summed E-state index contributed by atoms with van der Waals surface area (Å²) in [4.78, 5) is 0. The van der Waals surface area contributed by atoms with Crippen molar-refractivity contribution >= 4 is 17.0 Å². The predicted octanol–water partition coefficient (Wildman–Crippen LogP) is 2.37. The number of tetrazole rings is 1. The second-order valence-corrected chi connectivity index (χ2v) is 4.86. The van der Waals surface area contributed by atoms with Gasteiger partial charge in [-0.3, -0.25) is 0 Å². The molecule has 0 aliphatic carbocycles. The van der Waals surface area contributed by atoms with E-state index in [0.717, 1.165) is 11.3 Å². The molecule has 2 aromatic heterocycles. The van der Waals surface area contributed by atoms with Crippen LogP contribution in [0.1, 0.15) is 6.92 Å². The maximum Gasteiger partial charge on any atom is 0.187 e. The van der Waals surface area contributed by atoms with Crippen LogP contribution in [0.25, 0.3) is 17.1 Å². The summed E-state index contributed by atoms with van der Waals surface area (Å²) in [6, 6.07) is 7.51. The molecular formula is C13H13N5OS. The van der Waals surface area contributed by atoms with Gasteiger partial charge in [-0.15, -0.1) is 5.10 Å². The lowest BCUT2D eigenvalue weighted by atomic mass is 10.1. The molecule has 1 aromatic carbocycles. The summed E-state index contributed by atoms with van der Waals surface area (Å²) < 4.78 is 7.12. The van der Waals surface area contributed by atoms with Gasteiger partial charge in [-0.2, -0.15) is 16.0 Å². The molecule has 6 nitrogen and oxygen atoms in total. The number of benzene rings is 1. The maximum atomic E-state index is 5.98. The van der Waals surface area contributed by atoms with Crippen LogP contribution in [0, 0.1) is 0 Å². The monoisotopic (exact) mass is 287 g/mol. The molecule has 0 aliphatic rings. The second-order valence-electron chi connectivity index (χ2n) is 4.08. The summed E-state index contributed by atoms with van der Waals surface area (Å²) in [6.07, 6.45) is 0. The van der Waals surface area contributed by atoms with Gasteiger partial charge in [-0.25, -0.2) is 0 Å². The van der Waals surface area contributed by atoms with Gasteiger partial charge in [0.2, 0.25) is 0 Å². The highest BCUT2D eigenvalue weighted by Gasteiger charge is 2.12. The van der Waals surface area contributed by atoms with Crippen molar-refractivity contribution in [1.29, 1.82) is 0 Å². The number of ether oxygens (including phenoxy) is 1. The Bertz CT molecular complexity index is 707. The summed E-state index contributed by atoms with van der Waals surface area (Å²) in [5.74, 6) is 1.32.